The third-order valence-electron chi connectivity index (χ3n) is 10.0. The lowest BCUT2D eigenvalue weighted by Gasteiger charge is -2.40. The molecular formula is C46H29N3S. The molecule has 0 unspecified atom stereocenters. The van der Waals surface area contributed by atoms with Gasteiger partial charge in [0.1, 0.15) is 0 Å². The number of rotatable bonds is 4. The third kappa shape index (κ3) is 4.35. The monoisotopic (exact) mass is 655 g/mol. The highest BCUT2D eigenvalue weighted by molar-refractivity contribution is 7.99. The Kier molecular flexibility index (Phi) is 6.64. The Morgan fingerprint density at radius 1 is 0.400 bits per heavy atom. The Bertz CT molecular complexity index is 2480. The van der Waals surface area contributed by atoms with Gasteiger partial charge < -0.3 is 0 Å². The zero-order valence-electron chi connectivity index (χ0n) is 27.0. The lowest BCUT2D eigenvalue weighted by Crippen LogP contribution is -2.32. The van der Waals surface area contributed by atoms with E-state index in [4.69, 9.17) is 15.0 Å². The predicted octanol–water partition coefficient (Wildman–Crippen LogP) is 11.4. The average molecular weight is 656 g/mol. The molecule has 0 saturated carbocycles. The smallest absolute Gasteiger partial charge is 0.160 e. The molecule has 3 nitrogen and oxygen atoms in total. The van der Waals surface area contributed by atoms with Gasteiger partial charge >= 0.3 is 0 Å². The van der Waals surface area contributed by atoms with E-state index in [0.717, 1.165) is 39.3 Å². The molecule has 234 valence electrons. The maximum Gasteiger partial charge on any atom is 0.160 e. The molecule has 2 aliphatic rings. The Hall–Kier alpha value is -6.10. The average Bonchev–Trinajstić information content (AvgIpc) is 3.49. The maximum absolute atomic E-state index is 5.18. The quantitative estimate of drug-likeness (QED) is 0.189. The molecule has 1 spiro atoms. The summed E-state index contributed by atoms with van der Waals surface area (Å²) in [5.41, 5.74) is 14.0. The second kappa shape index (κ2) is 11.5. The molecule has 1 aliphatic heterocycles. The molecule has 0 N–H and O–H groups in total. The lowest BCUT2D eigenvalue weighted by atomic mass is 9.67. The molecule has 1 aliphatic carbocycles. The molecule has 0 bridgehead atoms. The van der Waals surface area contributed by atoms with Gasteiger partial charge in [-0.1, -0.05) is 145 Å². The zero-order valence-corrected chi connectivity index (χ0v) is 27.8. The van der Waals surface area contributed by atoms with Crippen molar-refractivity contribution in [1.82, 2.24) is 15.0 Å². The fourth-order valence-corrected chi connectivity index (χ4v) is 9.08. The van der Waals surface area contributed by atoms with Crippen LogP contribution in [0.1, 0.15) is 22.3 Å². The van der Waals surface area contributed by atoms with E-state index in [0.29, 0.717) is 5.82 Å². The van der Waals surface area contributed by atoms with Crippen LogP contribution in [0.25, 0.3) is 56.3 Å². The Morgan fingerprint density at radius 3 is 1.72 bits per heavy atom. The highest BCUT2D eigenvalue weighted by Crippen LogP contribution is 2.62. The second-order valence-electron chi connectivity index (χ2n) is 12.7. The van der Waals surface area contributed by atoms with Crippen LogP contribution in [-0.2, 0) is 5.41 Å². The molecule has 3 heterocycles. The van der Waals surface area contributed by atoms with Gasteiger partial charge in [0.15, 0.2) is 5.82 Å². The molecule has 4 heteroatoms. The molecule has 0 saturated heterocycles. The molecule has 6 aromatic carbocycles. The van der Waals surface area contributed by atoms with E-state index in [1.807, 2.05) is 60.4 Å². The molecule has 0 atom stereocenters. The summed E-state index contributed by atoms with van der Waals surface area (Å²) in [6.07, 6.45) is 1.88. The Balaban J connectivity index is 1.21. The number of benzene rings is 6. The first-order valence-electron chi connectivity index (χ1n) is 16.9. The van der Waals surface area contributed by atoms with Gasteiger partial charge in [-0.05, 0) is 69.8 Å². The minimum Gasteiger partial charge on any atom is -0.256 e. The van der Waals surface area contributed by atoms with E-state index in [1.54, 1.807) is 0 Å². The van der Waals surface area contributed by atoms with E-state index in [2.05, 4.69) is 127 Å². The molecule has 10 rings (SSSR count). The van der Waals surface area contributed by atoms with Gasteiger partial charge in [0.05, 0.1) is 22.5 Å². The van der Waals surface area contributed by atoms with Crippen molar-refractivity contribution in [2.75, 3.05) is 0 Å². The topological polar surface area (TPSA) is 38.7 Å². The van der Waals surface area contributed by atoms with Crippen LogP contribution in [0.15, 0.2) is 186 Å². The molecule has 0 amide bonds. The van der Waals surface area contributed by atoms with Crippen LogP contribution in [0, 0.1) is 0 Å². The summed E-state index contributed by atoms with van der Waals surface area (Å²) in [6, 6.07) is 60.5. The second-order valence-corrected chi connectivity index (χ2v) is 13.8. The van der Waals surface area contributed by atoms with Gasteiger partial charge in [0.25, 0.3) is 0 Å². The van der Waals surface area contributed by atoms with Gasteiger partial charge in [0.2, 0.25) is 0 Å². The number of aromatic nitrogens is 3. The van der Waals surface area contributed by atoms with Crippen molar-refractivity contribution < 1.29 is 0 Å². The van der Waals surface area contributed by atoms with Crippen LogP contribution >= 0.6 is 11.8 Å². The first-order chi connectivity index (χ1) is 24.8. The van der Waals surface area contributed by atoms with Gasteiger partial charge in [-0.25, -0.2) is 9.97 Å². The van der Waals surface area contributed by atoms with Crippen molar-refractivity contribution in [3.63, 3.8) is 0 Å². The molecular weight excluding hydrogens is 627 g/mol. The maximum atomic E-state index is 5.18. The van der Waals surface area contributed by atoms with Crippen LogP contribution in [0.5, 0.6) is 0 Å². The minimum atomic E-state index is -0.453. The number of hydrogen-bond acceptors (Lipinski definition) is 4. The summed E-state index contributed by atoms with van der Waals surface area (Å²) in [4.78, 5) is 17.8. The van der Waals surface area contributed by atoms with E-state index in [-0.39, 0.29) is 0 Å². The van der Waals surface area contributed by atoms with Gasteiger partial charge in [-0.15, -0.1) is 0 Å². The van der Waals surface area contributed by atoms with E-state index >= 15 is 0 Å². The number of fused-ring (bicyclic) bond motifs is 9. The lowest BCUT2D eigenvalue weighted by molar-refractivity contribution is 0.722. The summed E-state index contributed by atoms with van der Waals surface area (Å²) in [7, 11) is 0. The van der Waals surface area contributed by atoms with E-state index in [9.17, 15) is 0 Å². The molecule has 0 fully saturated rings. The number of nitrogens with zero attached hydrogens (tertiary/aromatic N) is 3. The van der Waals surface area contributed by atoms with Gasteiger partial charge in [-0.2, -0.15) is 0 Å². The zero-order chi connectivity index (χ0) is 33.1. The van der Waals surface area contributed by atoms with Crippen LogP contribution in [-0.4, -0.2) is 15.0 Å². The first kappa shape index (κ1) is 28.9. The Labute approximate surface area is 295 Å². The van der Waals surface area contributed by atoms with E-state index < -0.39 is 5.41 Å². The fraction of sp³-hybridized carbons (Fsp3) is 0.0217. The van der Waals surface area contributed by atoms with Crippen molar-refractivity contribution in [1.29, 1.82) is 0 Å². The SMILES string of the molecule is c1ccc(-c2cc(-c3cccnc3-c3ccc4c(c3)C3(c5ccccc5S4)c4ccccc4-c4ccccc43)nc(-c3ccccc3)n2)cc1. The first-order valence-corrected chi connectivity index (χ1v) is 17.7. The normalized spacial score (nSPS) is 13.3. The molecule has 2 aromatic heterocycles. The van der Waals surface area contributed by atoms with Crippen LogP contribution in [0.3, 0.4) is 0 Å². The van der Waals surface area contributed by atoms with Gasteiger partial charge in [-0.3, -0.25) is 4.98 Å². The third-order valence-corrected chi connectivity index (χ3v) is 11.2. The number of hydrogen-bond donors (Lipinski definition) is 0. The van der Waals surface area contributed by atoms with Crippen molar-refractivity contribution >= 4 is 11.8 Å². The predicted molar refractivity (Wildman–Crippen MR) is 203 cm³/mol. The molecule has 50 heavy (non-hydrogen) atoms. The van der Waals surface area contributed by atoms with Crippen molar-refractivity contribution in [2.24, 2.45) is 0 Å². The Morgan fingerprint density at radius 2 is 0.980 bits per heavy atom. The van der Waals surface area contributed by atoms with Gasteiger partial charge in [0, 0.05) is 38.2 Å². The number of pyridine rings is 1. The molecule has 0 radical (unpaired) electrons. The highest BCUT2D eigenvalue weighted by Gasteiger charge is 2.50. The fourth-order valence-electron chi connectivity index (χ4n) is 7.90. The summed E-state index contributed by atoms with van der Waals surface area (Å²) >= 11 is 1.86. The highest BCUT2D eigenvalue weighted by atomic mass is 32.2. The largest absolute Gasteiger partial charge is 0.256 e. The van der Waals surface area contributed by atoms with Crippen LogP contribution < -0.4 is 0 Å². The van der Waals surface area contributed by atoms with Crippen molar-refractivity contribution in [3.8, 4) is 56.3 Å². The standard InChI is InChI=1S/C46H29N3S/c1-3-14-30(15-4-1)40-29-41(49-45(48-40)31-16-5-2-6-17-31)35-20-13-27-47-44(35)32-25-26-43-39(28-32)46(38-23-11-12-24-42(38)50-43)36-21-9-7-18-33(36)34-19-8-10-22-37(34)46/h1-29H. The summed E-state index contributed by atoms with van der Waals surface area (Å²) in [6.45, 7) is 0. The summed E-state index contributed by atoms with van der Waals surface area (Å²) < 4.78 is 0. The van der Waals surface area contributed by atoms with Crippen LogP contribution in [0.2, 0.25) is 0 Å². The minimum absolute atomic E-state index is 0.453. The van der Waals surface area contributed by atoms with Crippen molar-refractivity contribution in [3.05, 3.63) is 198 Å². The summed E-state index contributed by atoms with van der Waals surface area (Å²) in [5.74, 6) is 0.688. The van der Waals surface area contributed by atoms with E-state index in [1.165, 1.54) is 43.2 Å². The van der Waals surface area contributed by atoms with Crippen molar-refractivity contribution in [2.45, 2.75) is 15.2 Å². The molecule has 8 aromatic rings. The van der Waals surface area contributed by atoms with Crippen LogP contribution in [0.4, 0.5) is 0 Å². The summed E-state index contributed by atoms with van der Waals surface area (Å²) in [5, 5.41) is 0.